The molecule has 152 valence electrons. The fourth-order valence-corrected chi connectivity index (χ4v) is 4.06. The van der Waals surface area contributed by atoms with Gasteiger partial charge < -0.3 is 4.90 Å². The summed E-state index contributed by atoms with van der Waals surface area (Å²) in [5, 5.41) is 8.98. The molecule has 5 nitrogen and oxygen atoms in total. The SMILES string of the molecule is N#Cc1ccc(CN2CCN(c3nc4ccccc4nc3-c3ccccc3)CC2)cc1. The van der Waals surface area contributed by atoms with Crippen LogP contribution in [0, 0.1) is 11.3 Å². The fraction of sp³-hybridized carbons (Fsp3) is 0.192. The smallest absolute Gasteiger partial charge is 0.156 e. The predicted octanol–water partition coefficient (Wildman–Crippen LogP) is 4.49. The van der Waals surface area contributed by atoms with Crippen LogP contribution < -0.4 is 4.90 Å². The van der Waals surface area contributed by atoms with E-state index in [0.29, 0.717) is 5.56 Å². The van der Waals surface area contributed by atoms with Crippen LogP contribution in [0.25, 0.3) is 22.3 Å². The van der Waals surface area contributed by atoms with Gasteiger partial charge in [0, 0.05) is 38.3 Å². The van der Waals surface area contributed by atoms with Crippen LogP contribution in [0.2, 0.25) is 0 Å². The minimum absolute atomic E-state index is 0.705. The number of anilines is 1. The summed E-state index contributed by atoms with van der Waals surface area (Å²) in [5.74, 6) is 0.961. The molecule has 31 heavy (non-hydrogen) atoms. The van der Waals surface area contributed by atoms with Gasteiger partial charge in [0.1, 0.15) is 5.69 Å². The van der Waals surface area contributed by atoms with Crippen LogP contribution in [0.3, 0.4) is 0 Å². The average molecular weight is 406 g/mol. The molecule has 0 saturated carbocycles. The molecule has 0 radical (unpaired) electrons. The topological polar surface area (TPSA) is 56.1 Å². The molecule has 0 amide bonds. The monoisotopic (exact) mass is 405 g/mol. The minimum Gasteiger partial charge on any atom is -0.352 e. The van der Waals surface area contributed by atoms with Gasteiger partial charge in [0.05, 0.1) is 22.7 Å². The highest BCUT2D eigenvalue weighted by Gasteiger charge is 2.22. The van der Waals surface area contributed by atoms with Crippen LogP contribution in [-0.4, -0.2) is 41.0 Å². The molecule has 0 aliphatic carbocycles. The van der Waals surface area contributed by atoms with Crippen LogP contribution in [0.1, 0.15) is 11.1 Å². The van der Waals surface area contributed by atoms with E-state index in [1.165, 1.54) is 5.56 Å². The fourth-order valence-electron chi connectivity index (χ4n) is 4.06. The molecule has 5 heteroatoms. The lowest BCUT2D eigenvalue weighted by molar-refractivity contribution is 0.249. The summed E-state index contributed by atoms with van der Waals surface area (Å²) in [6.07, 6.45) is 0. The minimum atomic E-state index is 0.705. The van der Waals surface area contributed by atoms with E-state index >= 15 is 0 Å². The summed E-state index contributed by atoms with van der Waals surface area (Å²) in [7, 11) is 0. The van der Waals surface area contributed by atoms with Gasteiger partial charge >= 0.3 is 0 Å². The summed E-state index contributed by atoms with van der Waals surface area (Å²) in [6, 6.07) is 28.5. The molecule has 3 aromatic carbocycles. The Bertz CT molecular complexity index is 1220. The van der Waals surface area contributed by atoms with E-state index in [9.17, 15) is 0 Å². The second-order valence-electron chi connectivity index (χ2n) is 7.82. The highest BCUT2D eigenvalue weighted by Crippen LogP contribution is 2.30. The van der Waals surface area contributed by atoms with Crippen LogP contribution >= 0.6 is 0 Å². The maximum atomic E-state index is 8.98. The molecule has 1 saturated heterocycles. The van der Waals surface area contributed by atoms with Gasteiger partial charge in [-0.05, 0) is 29.8 Å². The van der Waals surface area contributed by atoms with Crippen LogP contribution in [0.4, 0.5) is 5.82 Å². The van der Waals surface area contributed by atoms with Gasteiger partial charge in [0.2, 0.25) is 0 Å². The van der Waals surface area contributed by atoms with Crippen molar-refractivity contribution in [2.45, 2.75) is 6.54 Å². The quantitative estimate of drug-likeness (QED) is 0.501. The second-order valence-corrected chi connectivity index (χ2v) is 7.82. The zero-order valence-corrected chi connectivity index (χ0v) is 17.3. The normalized spacial score (nSPS) is 14.5. The van der Waals surface area contributed by atoms with Crippen molar-refractivity contribution in [3.63, 3.8) is 0 Å². The van der Waals surface area contributed by atoms with Crippen molar-refractivity contribution in [2.24, 2.45) is 0 Å². The molecule has 0 unspecified atom stereocenters. The number of hydrogen-bond acceptors (Lipinski definition) is 5. The first-order valence-corrected chi connectivity index (χ1v) is 10.6. The summed E-state index contributed by atoms with van der Waals surface area (Å²) < 4.78 is 0. The zero-order chi connectivity index (χ0) is 21.0. The molecular weight excluding hydrogens is 382 g/mol. The lowest BCUT2D eigenvalue weighted by Crippen LogP contribution is -2.46. The number of nitriles is 1. The summed E-state index contributed by atoms with van der Waals surface area (Å²) in [6.45, 7) is 4.63. The summed E-state index contributed by atoms with van der Waals surface area (Å²) in [4.78, 5) is 14.8. The number of benzene rings is 3. The third-order valence-electron chi connectivity index (χ3n) is 5.76. The van der Waals surface area contributed by atoms with E-state index < -0.39 is 0 Å². The number of hydrogen-bond donors (Lipinski definition) is 0. The first-order valence-electron chi connectivity index (χ1n) is 10.6. The Morgan fingerprint density at radius 3 is 2.06 bits per heavy atom. The Morgan fingerprint density at radius 1 is 0.742 bits per heavy atom. The maximum Gasteiger partial charge on any atom is 0.156 e. The lowest BCUT2D eigenvalue weighted by Gasteiger charge is -2.36. The standard InChI is InChI=1S/C26H23N5/c27-18-20-10-12-21(13-11-20)19-30-14-16-31(17-15-30)26-25(22-6-2-1-3-7-22)28-23-8-4-5-9-24(23)29-26/h1-13H,14-17,19H2. The van der Waals surface area contributed by atoms with Crippen LogP contribution in [-0.2, 0) is 6.54 Å². The first kappa shape index (κ1) is 19.2. The molecule has 4 aromatic rings. The zero-order valence-electron chi connectivity index (χ0n) is 17.3. The van der Waals surface area contributed by atoms with Crippen molar-refractivity contribution in [1.29, 1.82) is 5.26 Å². The molecule has 0 atom stereocenters. The highest BCUT2D eigenvalue weighted by atomic mass is 15.3. The molecule has 1 aliphatic rings. The summed E-state index contributed by atoms with van der Waals surface area (Å²) in [5.41, 5.74) is 5.83. The molecule has 0 bridgehead atoms. The molecule has 1 aliphatic heterocycles. The lowest BCUT2D eigenvalue weighted by atomic mass is 10.1. The van der Waals surface area contributed by atoms with E-state index in [4.69, 9.17) is 15.2 Å². The largest absolute Gasteiger partial charge is 0.352 e. The Morgan fingerprint density at radius 2 is 1.39 bits per heavy atom. The number of para-hydroxylation sites is 2. The molecule has 1 fully saturated rings. The van der Waals surface area contributed by atoms with Crippen molar-refractivity contribution in [3.8, 4) is 17.3 Å². The third-order valence-corrected chi connectivity index (χ3v) is 5.76. The number of nitrogens with zero attached hydrogens (tertiary/aromatic N) is 5. The Labute approximate surface area is 182 Å². The molecule has 0 spiro atoms. The van der Waals surface area contributed by atoms with Crippen molar-refractivity contribution < 1.29 is 0 Å². The summed E-state index contributed by atoms with van der Waals surface area (Å²) >= 11 is 0. The second kappa shape index (κ2) is 8.55. The van der Waals surface area contributed by atoms with Gasteiger partial charge in [-0.1, -0.05) is 54.6 Å². The molecule has 5 rings (SSSR count). The van der Waals surface area contributed by atoms with Gasteiger partial charge in [-0.3, -0.25) is 4.90 Å². The van der Waals surface area contributed by atoms with Crippen molar-refractivity contribution in [1.82, 2.24) is 14.9 Å². The van der Waals surface area contributed by atoms with E-state index in [1.54, 1.807) is 0 Å². The Balaban J connectivity index is 1.38. The van der Waals surface area contributed by atoms with Gasteiger partial charge in [-0.2, -0.15) is 5.26 Å². The van der Waals surface area contributed by atoms with E-state index in [0.717, 1.165) is 60.8 Å². The van der Waals surface area contributed by atoms with Crippen molar-refractivity contribution >= 4 is 16.9 Å². The van der Waals surface area contributed by atoms with Gasteiger partial charge in [0.15, 0.2) is 5.82 Å². The number of piperazine rings is 1. The number of fused-ring (bicyclic) bond motifs is 1. The van der Waals surface area contributed by atoms with E-state index in [-0.39, 0.29) is 0 Å². The highest BCUT2D eigenvalue weighted by molar-refractivity contribution is 5.83. The number of aromatic nitrogens is 2. The average Bonchev–Trinajstić information content (AvgIpc) is 2.85. The van der Waals surface area contributed by atoms with Crippen LogP contribution in [0.15, 0.2) is 78.9 Å². The van der Waals surface area contributed by atoms with Crippen LogP contribution in [0.5, 0.6) is 0 Å². The number of rotatable bonds is 4. The van der Waals surface area contributed by atoms with Gasteiger partial charge in [-0.25, -0.2) is 9.97 Å². The van der Waals surface area contributed by atoms with E-state index in [2.05, 4.69) is 28.0 Å². The first-order chi connectivity index (χ1) is 15.3. The maximum absolute atomic E-state index is 8.98. The van der Waals surface area contributed by atoms with Gasteiger partial charge in [-0.15, -0.1) is 0 Å². The molecule has 0 N–H and O–H groups in total. The molecular formula is C26H23N5. The van der Waals surface area contributed by atoms with E-state index in [1.807, 2.05) is 66.7 Å². The van der Waals surface area contributed by atoms with Crippen molar-refractivity contribution in [2.75, 3.05) is 31.1 Å². The Kier molecular flexibility index (Phi) is 5.30. The third kappa shape index (κ3) is 4.11. The Hall–Kier alpha value is -3.75. The van der Waals surface area contributed by atoms with Crippen molar-refractivity contribution in [3.05, 3.63) is 90.0 Å². The molecule has 1 aromatic heterocycles. The predicted molar refractivity (Wildman–Crippen MR) is 124 cm³/mol. The molecule has 2 heterocycles. The van der Waals surface area contributed by atoms with Gasteiger partial charge in [0.25, 0.3) is 0 Å².